The minimum absolute atomic E-state index is 0.0324. The van der Waals surface area contributed by atoms with Gasteiger partial charge in [0.1, 0.15) is 12.6 Å². The highest BCUT2D eigenvalue weighted by molar-refractivity contribution is 7.14. The van der Waals surface area contributed by atoms with Crippen LogP contribution in [0.3, 0.4) is 0 Å². The van der Waals surface area contributed by atoms with Crippen LogP contribution in [-0.2, 0) is 20.9 Å². The van der Waals surface area contributed by atoms with E-state index in [2.05, 4.69) is 10.3 Å². The lowest BCUT2D eigenvalue weighted by Crippen LogP contribution is -2.45. The van der Waals surface area contributed by atoms with Crippen molar-refractivity contribution in [2.24, 2.45) is 0 Å². The minimum atomic E-state index is -0.912. The normalized spacial score (nSPS) is 15.8. The number of nitrogens with zero attached hydrogens (tertiary/aromatic N) is 2. The van der Waals surface area contributed by atoms with Gasteiger partial charge in [0.15, 0.2) is 5.13 Å². The second-order valence-electron chi connectivity index (χ2n) is 6.75. The summed E-state index contributed by atoms with van der Waals surface area (Å²) in [5, 5.41) is 4.98. The van der Waals surface area contributed by atoms with Crippen LogP contribution in [0.2, 0.25) is 0 Å². The van der Waals surface area contributed by atoms with Crippen LogP contribution in [0.15, 0.2) is 66.0 Å². The number of aromatic nitrogens is 1. The van der Waals surface area contributed by atoms with E-state index < -0.39 is 23.9 Å². The molecule has 1 N–H and O–H groups in total. The molecule has 1 aromatic heterocycles. The molecule has 1 fully saturated rings. The van der Waals surface area contributed by atoms with Crippen LogP contribution in [-0.4, -0.2) is 33.8 Å². The first kappa shape index (κ1) is 19.8. The first-order valence-corrected chi connectivity index (χ1v) is 10.3. The number of nitrogens with one attached hydrogen (secondary N) is 1. The number of carbonyl (C=O) groups is 3. The van der Waals surface area contributed by atoms with Gasteiger partial charge in [-0.05, 0) is 12.0 Å². The molecule has 2 heterocycles. The number of rotatable bonds is 5. The minimum Gasteiger partial charge on any atom is -0.444 e. The quantitative estimate of drug-likeness (QED) is 0.671. The standard InChI is InChI=1S/C22H19N3O4S/c26-19-12-11-18(25(19)22(28)29-13-15-7-3-1-4-8-15)20(27)24-21-23-17(14-30-21)16-9-5-2-6-10-16/h1-10,14,18H,11-13H2,(H,23,24,27)/t18-/m0/s1. The van der Waals surface area contributed by atoms with Crippen LogP contribution in [0.25, 0.3) is 11.3 Å². The Hall–Kier alpha value is -3.52. The molecular weight excluding hydrogens is 402 g/mol. The number of likely N-dealkylation sites (tertiary alicyclic amines) is 1. The van der Waals surface area contributed by atoms with Gasteiger partial charge >= 0.3 is 6.09 Å². The van der Waals surface area contributed by atoms with Gasteiger partial charge in [0.2, 0.25) is 11.8 Å². The van der Waals surface area contributed by atoms with Gasteiger partial charge < -0.3 is 10.1 Å². The Morgan fingerprint density at radius 2 is 1.80 bits per heavy atom. The van der Waals surface area contributed by atoms with E-state index in [-0.39, 0.29) is 19.4 Å². The monoisotopic (exact) mass is 421 g/mol. The van der Waals surface area contributed by atoms with E-state index in [1.807, 2.05) is 66.0 Å². The maximum Gasteiger partial charge on any atom is 0.417 e. The summed E-state index contributed by atoms with van der Waals surface area (Å²) in [6.07, 6.45) is -0.446. The molecule has 0 aliphatic carbocycles. The number of carbonyl (C=O) groups excluding carboxylic acids is 3. The number of anilines is 1. The molecule has 3 amide bonds. The predicted molar refractivity (Wildman–Crippen MR) is 113 cm³/mol. The van der Waals surface area contributed by atoms with Crippen molar-refractivity contribution in [1.82, 2.24) is 9.88 Å². The van der Waals surface area contributed by atoms with Crippen LogP contribution in [0.1, 0.15) is 18.4 Å². The summed E-state index contributed by atoms with van der Waals surface area (Å²) < 4.78 is 5.25. The highest BCUT2D eigenvalue weighted by atomic mass is 32.1. The summed E-state index contributed by atoms with van der Waals surface area (Å²) in [6.45, 7) is 0.0324. The van der Waals surface area contributed by atoms with E-state index >= 15 is 0 Å². The second-order valence-corrected chi connectivity index (χ2v) is 7.61. The van der Waals surface area contributed by atoms with Gasteiger partial charge in [-0.3, -0.25) is 9.59 Å². The van der Waals surface area contributed by atoms with Gasteiger partial charge in [-0.15, -0.1) is 11.3 Å². The molecule has 0 radical (unpaired) electrons. The lowest BCUT2D eigenvalue weighted by molar-refractivity contribution is -0.131. The van der Waals surface area contributed by atoms with Gasteiger partial charge in [-0.1, -0.05) is 60.7 Å². The third-order valence-electron chi connectivity index (χ3n) is 4.72. The van der Waals surface area contributed by atoms with Crippen LogP contribution in [0, 0.1) is 0 Å². The first-order valence-electron chi connectivity index (χ1n) is 9.46. The lowest BCUT2D eigenvalue weighted by Gasteiger charge is -2.21. The molecule has 2 aromatic carbocycles. The molecule has 30 heavy (non-hydrogen) atoms. The molecule has 7 nitrogen and oxygen atoms in total. The third kappa shape index (κ3) is 4.38. The molecular formula is C22H19N3O4S. The van der Waals surface area contributed by atoms with E-state index in [9.17, 15) is 14.4 Å². The maximum atomic E-state index is 12.7. The lowest BCUT2D eigenvalue weighted by atomic mass is 10.2. The fraction of sp³-hybridized carbons (Fsp3) is 0.182. The zero-order valence-corrected chi connectivity index (χ0v) is 16.8. The van der Waals surface area contributed by atoms with Crippen molar-refractivity contribution in [2.45, 2.75) is 25.5 Å². The second kappa shape index (κ2) is 8.87. The van der Waals surface area contributed by atoms with Gasteiger partial charge in [0, 0.05) is 17.4 Å². The van der Waals surface area contributed by atoms with E-state index in [1.54, 1.807) is 0 Å². The summed E-state index contributed by atoms with van der Waals surface area (Å²) >= 11 is 1.29. The van der Waals surface area contributed by atoms with Crippen LogP contribution < -0.4 is 5.32 Å². The topological polar surface area (TPSA) is 88.6 Å². The number of amides is 3. The van der Waals surface area contributed by atoms with Crippen LogP contribution >= 0.6 is 11.3 Å². The van der Waals surface area contributed by atoms with Crippen LogP contribution in [0.5, 0.6) is 0 Å². The van der Waals surface area contributed by atoms with Gasteiger partial charge in [-0.2, -0.15) is 0 Å². The Bertz CT molecular complexity index is 1050. The zero-order valence-electron chi connectivity index (χ0n) is 16.0. The fourth-order valence-electron chi connectivity index (χ4n) is 3.21. The Kier molecular flexibility index (Phi) is 5.85. The fourth-order valence-corrected chi connectivity index (χ4v) is 3.93. The highest BCUT2D eigenvalue weighted by Gasteiger charge is 2.41. The number of benzene rings is 2. The molecule has 0 saturated carbocycles. The SMILES string of the molecule is O=C(Nc1nc(-c2ccccc2)cs1)[C@@H]1CCC(=O)N1C(=O)OCc1ccccc1. The summed E-state index contributed by atoms with van der Waals surface area (Å²) in [6, 6.07) is 17.8. The summed E-state index contributed by atoms with van der Waals surface area (Å²) in [5.41, 5.74) is 2.49. The summed E-state index contributed by atoms with van der Waals surface area (Å²) in [4.78, 5) is 42.8. The molecule has 0 spiro atoms. The Morgan fingerprint density at radius 1 is 1.10 bits per heavy atom. The Morgan fingerprint density at radius 3 is 2.53 bits per heavy atom. The molecule has 1 atom stereocenters. The smallest absolute Gasteiger partial charge is 0.417 e. The number of ether oxygens (including phenoxy) is 1. The molecule has 1 aliphatic heterocycles. The highest BCUT2D eigenvalue weighted by Crippen LogP contribution is 2.26. The van der Waals surface area contributed by atoms with E-state index in [1.165, 1.54) is 11.3 Å². The number of hydrogen-bond donors (Lipinski definition) is 1. The van der Waals surface area contributed by atoms with Crippen molar-refractivity contribution in [3.63, 3.8) is 0 Å². The van der Waals surface area contributed by atoms with Gasteiger partial charge in [0.25, 0.3) is 0 Å². The summed E-state index contributed by atoms with van der Waals surface area (Å²) in [7, 11) is 0. The third-order valence-corrected chi connectivity index (χ3v) is 5.48. The van der Waals surface area contributed by atoms with E-state index in [0.29, 0.717) is 5.13 Å². The van der Waals surface area contributed by atoms with Gasteiger partial charge in [-0.25, -0.2) is 14.7 Å². The number of imide groups is 1. The molecule has 1 saturated heterocycles. The van der Waals surface area contributed by atoms with E-state index in [4.69, 9.17) is 4.74 Å². The molecule has 4 rings (SSSR count). The van der Waals surface area contributed by atoms with Crippen molar-refractivity contribution >= 4 is 34.4 Å². The predicted octanol–water partition coefficient (Wildman–Crippen LogP) is 4.08. The van der Waals surface area contributed by atoms with Crippen molar-refractivity contribution in [3.05, 3.63) is 71.6 Å². The Labute approximate surface area is 177 Å². The van der Waals surface area contributed by atoms with Gasteiger partial charge in [0.05, 0.1) is 5.69 Å². The van der Waals surface area contributed by atoms with Crippen molar-refractivity contribution in [3.8, 4) is 11.3 Å². The molecule has 8 heteroatoms. The maximum absolute atomic E-state index is 12.7. The van der Waals surface area contributed by atoms with E-state index in [0.717, 1.165) is 21.7 Å². The largest absolute Gasteiger partial charge is 0.444 e. The summed E-state index contributed by atoms with van der Waals surface area (Å²) in [5.74, 6) is -0.871. The zero-order chi connectivity index (χ0) is 20.9. The number of thiazole rings is 1. The van der Waals surface area contributed by atoms with Crippen molar-refractivity contribution in [1.29, 1.82) is 0 Å². The molecule has 152 valence electrons. The van der Waals surface area contributed by atoms with Crippen molar-refractivity contribution in [2.75, 3.05) is 5.32 Å². The molecule has 1 aliphatic rings. The molecule has 0 unspecified atom stereocenters. The average molecular weight is 421 g/mol. The molecule has 0 bridgehead atoms. The Balaban J connectivity index is 1.41. The average Bonchev–Trinajstić information content (AvgIpc) is 3.40. The van der Waals surface area contributed by atoms with Crippen molar-refractivity contribution < 1.29 is 19.1 Å². The molecule has 3 aromatic rings. The number of hydrogen-bond acceptors (Lipinski definition) is 6. The first-order chi connectivity index (χ1) is 14.6. The van der Waals surface area contributed by atoms with Crippen LogP contribution in [0.4, 0.5) is 9.93 Å².